The summed E-state index contributed by atoms with van der Waals surface area (Å²) in [5, 5.41) is 41.2. The van der Waals surface area contributed by atoms with Crippen molar-refractivity contribution in [1.82, 2.24) is 24.9 Å². The molecule has 0 unspecified atom stereocenters. The number of thioether (sulfide) groups is 1. The molecule has 30 nitrogen and oxygen atoms in total. The number of amides is 2. The molecule has 0 spiro atoms. The lowest BCUT2D eigenvalue weighted by atomic mass is 10.1. The van der Waals surface area contributed by atoms with Crippen LogP contribution in [0, 0.1) is 0 Å². The number of nitrogens with zero attached hydrogens (tertiary/aromatic N) is 13. The molecule has 2 saturated heterocycles. The highest BCUT2D eigenvalue weighted by Crippen LogP contribution is 2.41. The van der Waals surface area contributed by atoms with E-state index in [0.717, 1.165) is 58.3 Å². The molecule has 9 rings (SSSR count). The van der Waals surface area contributed by atoms with Crippen molar-refractivity contribution in [2.75, 3.05) is 132 Å². The van der Waals surface area contributed by atoms with Crippen molar-refractivity contribution in [3.8, 4) is 0 Å². The number of carbonyl (C=O) groups is 4. The molecule has 2 amide bonds. The van der Waals surface area contributed by atoms with Gasteiger partial charge in [0, 0.05) is 80.9 Å². The summed E-state index contributed by atoms with van der Waals surface area (Å²) >= 11 is 3.35. The number of hydrogen-bond acceptors (Lipinski definition) is 29. The van der Waals surface area contributed by atoms with Crippen LogP contribution in [0.5, 0.6) is 0 Å². The molecular weight excluding hydrogens is 1340 g/mol. The number of ether oxygens (including phenoxy) is 2. The minimum absolute atomic E-state index is 0.0810. The number of carbonyl (C=O) groups excluding carboxylic acids is 4. The normalized spacial score (nSPS) is 14.1. The summed E-state index contributed by atoms with van der Waals surface area (Å²) < 4.78 is 76.7. The molecule has 4 aromatic carbocycles. The molecule has 2 fully saturated rings. The molecule has 7 N–H and O–H groups in total. The first-order chi connectivity index (χ1) is 46.0. The van der Waals surface area contributed by atoms with Crippen LogP contribution in [0.2, 0.25) is 0 Å². The van der Waals surface area contributed by atoms with Gasteiger partial charge < -0.3 is 55.4 Å². The molecule has 35 heteroatoms. The first-order valence-electron chi connectivity index (χ1n) is 30.1. The number of aromatic nitrogens is 5. The lowest BCUT2D eigenvalue weighted by molar-refractivity contribution is -0.120. The summed E-state index contributed by atoms with van der Waals surface area (Å²) in [6.45, 7) is 16.5. The van der Waals surface area contributed by atoms with Crippen molar-refractivity contribution in [3.05, 3.63) is 106 Å². The number of benzene rings is 4. The van der Waals surface area contributed by atoms with Gasteiger partial charge in [0.15, 0.2) is 16.7 Å². The zero-order valence-corrected chi connectivity index (χ0v) is 57.0. The van der Waals surface area contributed by atoms with Crippen molar-refractivity contribution in [2.24, 2.45) is 20.5 Å². The Balaban J connectivity index is 1.05. The Morgan fingerprint density at radius 1 is 0.573 bits per heavy atom. The smallest absolute Gasteiger partial charge is 0.294 e. The number of hydrogen-bond donors (Lipinski definition) is 7. The van der Waals surface area contributed by atoms with Crippen LogP contribution in [-0.2, 0) is 48.9 Å². The van der Waals surface area contributed by atoms with E-state index in [0.29, 0.717) is 123 Å². The van der Waals surface area contributed by atoms with E-state index in [1.807, 2.05) is 61.8 Å². The number of ketones is 2. The molecule has 0 atom stereocenters. The van der Waals surface area contributed by atoms with Gasteiger partial charge in [0.05, 0.1) is 75.1 Å². The Labute approximate surface area is 565 Å². The summed E-state index contributed by atoms with van der Waals surface area (Å²) in [4.78, 5) is 86.1. The lowest BCUT2D eigenvalue weighted by Gasteiger charge is -2.27. The fraction of sp³-hybridized carbons (Fsp3) is 0.328. The molecule has 5 heterocycles. The van der Waals surface area contributed by atoms with Crippen molar-refractivity contribution in [3.63, 3.8) is 0 Å². The predicted octanol–water partition coefficient (Wildman–Crippen LogP) is 10.3. The second kappa shape index (κ2) is 32.6. The quantitative estimate of drug-likeness (QED) is 0.00572. The highest BCUT2D eigenvalue weighted by Gasteiger charge is 2.26. The molecule has 2 aliphatic rings. The standard InChI is InChI=1S/C61H69N17O13S5/c1-7-75(8-2)41-15-21-47(71-73-60-66-53(77-23-28-90-29-24-77)51(93-60)35-45(37(5)80)55(82)62-39-11-17-43(18-12-39)95(84,85)86)49(33-41)64-57-68-58(70-59(69-57)92-32-27-79)65-50-34-42(76(9-3)10-4)16-22-48(50)72-74-61-67-54(78-25-30-91-31-26-78)52(94-61)36-46(38(6)81)56(83)63-40-13-19-44(20-14-40)96(87,88)89/h11-22,33-36,79H,7-10,23-32H2,1-6H3,(H,62,82)(H,63,83)(H,84,85,86)(H,87,88,89)(H2,64,65,68,69,70)/b45-35-,46-36+,73-71+,74-72+. The molecule has 0 radical (unpaired) electrons. The summed E-state index contributed by atoms with van der Waals surface area (Å²) in [5.41, 5.74) is 3.10. The Hall–Kier alpha value is -9.04. The Morgan fingerprint density at radius 2 is 0.958 bits per heavy atom. The van der Waals surface area contributed by atoms with Gasteiger partial charge in [-0.15, -0.1) is 20.5 Å². The predicted molar refractivity (Wildman–Crippen MR) is 370 cm³/mol. The van der Waals surface area contributed by atoms with Gasteiger partial charge in [-0.3, -0.25) is 28.3 Å². The minimum Gasteiger partial charge on any atom is -0.396 e. The number of rotatable bonds is 29. The average Bonchev–Trinajstić information content (AvgIpc) is 1.85. The van der Waals surface area contributed by atoms with Gasteiger partial charge in [0.1, 0.15) is 23.0 Å². The molecular formula is C61H69N17O13S5. The van der Waals surface area contributed by atoms with E-state index in [9.17, 15) is 50.2 Å². The first kappa shape index (κ1) is 71.3. The van der Waals surface area contributed by atoms with Gasteiger partial charge in [-0.05, 0) is 139 Å². The van der Waals surface area contributed by atoms with Crippen LogP contribution >= 0.6 is 34.4 Å². The molecule has 96 heavy (non-hydrogen) atoms. The average molecular weight is 1410 g/mol. The van der Waals surface area contributed by atoms with Gasteiger partial charge >= 0.3 is 0 Å². The van der Waals surface area contributed by atoms with Gasteiger partial charge in [0.2, 0.25) is 22.2 Å². The number of morpholine rings is 2. The number of thiazole rings is 2. The van der Waals surface area contributed by atoms with Crippen molar-refractivity contribution in [1.29, 1.82) is 0 Å². The zero-order valence-electron chi connectivity index (χ0n) is 52.9. The van der Waals surface area contributed by atoms with Crippen molar-refractivity contribution in [2.45, 2.75) is 56.5 Å². The topological polar surface area (TPSA) is 391 Å². The van der Waals surface area contributed by atoms with Gasteiger partial charge in [-0.1, -0.05) is 34.4 Å². The van der Waals surface area contributed by atoms with E-state index in [1.165, 1.54) is 62.0 Å². The molecule has 0 aliphatic carbocycles. The second-order valence-corrected chi connectivity index (χ2v) is 26.9. The zero-order chi connectivity index (χ0) is 68.7. The first-order valence-corrected chi connectivity index (χ1v) is 35.6. The van der Waals surface area contributed by atoms with Crippen LogP contribution in [0.1, 0.15) is 51.3 Å². The van der Waals surface area contributed by atoms with Crippen molar-refractivity contribution < 1.29 is 59.7 Å². The van der Waals surface area contributed by atoms with Crippen LogP contribution < -0.4 is 40.9 Å². The highest BCUT2D eigenvalue weighted by molar-refractivity contribution is 7.99. The van der Waals surface area contributed by atoms with Crippen LogP contribution in [0.3, 0.4) is 0 Å². The van der Waals surface area contributed by atoms with Gasteiger partial charge in [0.25, 0.3) is 32.1 Å². The van der Waals surface area contributed by atoms with Crippen LogP contribution in [0.15, 0.2) is 131 Å². The summed E-state index contributed by atoms with van der Waals surface area (Å²) in [6, 6.07) is 20.7. The number of aliphatic hydroxyl groups excluding tert-OH is 1. The fourth-order valence-electron chi connectivity index (χ4n) is 9.73. The molecule has 0 bridgehead atoms. The van der Waals surface area contributed by atoms with Crippen molar-refractivity contribution >= 4 is 169 Å². The number of nitrogens with one attached hydrogen (secondary N) is 4. The maximum absolute atomic E-state index is 13.7. The fourth-order valence-corrected chi connectivity index (χ4v) is 13.0. The van der Waals surface area contributed by atoms with Gasteiger partial charge in [-0.25, -0.2) is 0 Å². The summed E-state index contributed by atoms with van der Waals surface area (Å²) in [5.74, 6) is -1.41. The third-order valence-corrected chi connectivity index (χ3v) is 18.9. The van der Waals surface area contributed by atoms with Gasteiger partial charge in [-0.2, -0.15) is 41.8 Å². The SMILES string of the molecule is CCN(CC)c1ccc(/N=N/c2nc(N3CCOCC3)c(/C=C(/C(C)=O)C(=O)Nc3ccc(S(=O)(=O)O)cc3)s2)c(Nc2nc(Nc3cc(N(CC)CC)ccc3/N=N/c3nc(N4CCOCC4)c(/C=C(\C(C)=O)C(=O)Nc4ccc(S(=O)(=O)O)cc4)s3)nc(SCCO)n2)c1. The maximum Gasteiger partial charge on any atom is 0.294 e. The number of anilines is 10. The van der Waals surface area contributed by atoms with E-state index >= 15 is 0 Å². The van der Waals surface area contributed by atoms with Crippen LogP contribution in [-0.4, -0.2) is 170 Å². The van der Waals surface area contributed by atoms with Crippen LogP contribution in [0.25, 0.3) is 12.2 Å². The maximum atomic E-state index is 13.7. The highest BCUT2D eigenvalue weighted by atomic mass is 32.2. The van der Waals surface area contributed by atoms with E-state index in [1.54, 1.807) is 12.1 Å². The largest absolute Gasteiger partial charge is 0.396 e. The molecule has 0 saturated carbocycles. The molecule has 3 aromatic heterocycles. The van der Waals surface area contributed by atoms with Crippen LogP contribution in [0.4, 0.5) is 79.3 Å². The Morgan fingerprint density at radius 3 is 1.30 bits per heavy atom. The van der Waals surface area contributed by atoms with E-state index in [-0.39, 0.29) is 72.0 Å². The molecule has 7 aromatic rings. The summed E-state index contributed by atoms with van der Waals surface area (Å²) in [7, 11) is -8.99. The summed E-state index contributed by atoms with van der Waals surface area (Å²) in [6.07, 6.45) is 2.84. The number of Topliss-reactive ketones (excluding diaryl/α,β-unsaturated/α-hetero) is 2. The minimum atomic E-state index is -4.49. The third-order valence-electron chi connectivity index (χ3n) is 14.6. The van der Waals surface area contributed by atoms with E-state index in [4.69, 9.17) is 44.6 Å². The number of azo groups is 2. The lowest BCUT2D eigenvalue weighted by Crippen LogP contribution is -2.36. The monoisotopic (exact) mass is 1410 g/mol. The Kier molecular flexibility index (Phi) is 24.2. The molecule has 2 aliphatic heterocycles. The third kappa shape index (κ3) is 18.7. The number of aliphatic hydroxyl groups is 1. The molecule has 506 valence electrons. The Bertz CT molecular complexity index is 4070. The van der Waals surface area contributed by atoms with E-state index < -0.39 is 43.6 Å². The second-order valence-electron chi connectivity index (χ2n) is 20.9. The van der Waals surface area contributed by atoms with E-state index in [2.05, 4.69) is 41.3 Å².